The van der Waals surface area contributed by atoms with Crippen LogP contribution in [0.4, 0.5) is 11.4 Å². The van der Waals surface area contributed by atoms with E-state index in [1.807, 2.05) is 0 Å². The summed E-state index contributed by atoms with van der Waals surface area (Å²) in [6, 6.07) is 6.80. The highest BCUT2D eigenvalue weighted by Crippen LogP contribution is 2.17. The molecule has 3 N–H and O–H groups in total. The molecule has 0 bridgehead atoms. The highest BCUT2D eigenvalue weighted by atomic mass is 16.6. The van der Waals surface area contributed by atoms with E-state index < -0.39 is 22.0 Å². The Morgan fingerprint density at radius 3 is 2.52 bits per heavy atom. The predicted octanol–water partition coefficient (Wildman–Crippen LogP) is 1.51. The lowest BCUT2D eigenvalue weighted by Crippen LogP contribution is -2.14. The molecule has 2 aromatic rings. The lowest BCUT2D eigenvalue weighted by Gasteiger charge is -2.01. The maximum Gasteiger partial charge on any atom is 0.395 e. The molecule has 9 heteroatoms. The summed E-state index contributed by atoms with van der Waals surface area (Å²) in [6.07, 6.45) is 2.97. The van der Waals surface area contributed by atoms with E-state index in [0.717, 1.165) is 5.56 Å². The Labute approximate surface area is 129 Å². The van der Waals surface area contributed by atoms with E-state index in [2.05, 4.69) is 15.3 Å². The van der Waals surface area contributed by atoms with Crippen LogP contribution in [0.1, 0.15) is 18.3 Å². The van der Waals surface area contributed by atoms with Gasteiger partial charge < -0.3 is 15.4 Å². The second-order valence-corrected chi connectivity index (χ2v) is 4.52. The van der Waals surface area contributed by atoms with Gasteiger partial charge >= 0.3 is 11.2 Å². The zero-order valence-corrected chi connectivity index (χ0v) is 11.9. The first-order valence-corrected chi connectivity index (χ1v) is 6.40. The van der Waals surface area contributed by atoms with Crippen LogP contribution in [0.5, 0.6) is 5.88 Å². The van der Waals surface area contributed by atoms with Crippen molar-refractivity contribution >= 4 is 29.4 Å². The van der Waals surface area contributed by atoms with Gasteiger partial charge in [-0.3, -0.25) is 19.7 Å². The van der Waals surface area contributed by atoms with Crippen LogP contribution < -0.4 is 10.9 Å². The highest BCUT2D eigenvalue weighted by Gasteiger charge is 2.21. The summed E-state index contributed by atoms with van der Waals surface area (Å²) in [5, 5.41) is 22.6. The zero-order chi connectivity index (χ0) is 17.0. The monoisotopic (exact) mass is 316 g/mol. The first-order chi connectivity index (χ1) is 10.9. The number of nitro groups is 1. The number of anilines is 1. The van der Waals surface area contributed by atoms with E-state index in [1.165, 1.54) is 13.0 Å². The van der Waals surface area contributed by atoms with E-state index in [0.29, 0.717) is 5.69 Å². The summed E-state index contributed by atoms with van der Waals surface area (Å²) in [4.78, 5) is 37.7. The summed E-state index contributed by atoms with van der Waals surface area (Å²) in [5.74, 6) is -1.15. The maximum absolute atomic E-state index is 11.5. The number of H-pyrrole nitrogens is 1. The van der Waals surface area contributed by atoms with Crippen molar-refractivity contribution in [3.8, 4) is 5.88 Å². The molecule has 0 unspecified atom stereocenters. The Kier molecular flexibility index (Phi) is 4.50. The quantitative estimate of drug-likeness (QED) is 0.577. The van der Waals surface area contributed by atoms with E-state index in [-0.39, 0.29) is 11.7 Å². The minimum atomic E-state index is -1.04. The van der Waals surface area contributed by atoms with E-state index >= 15 is 0 Å². The van der Waals surface area contributed by atoms with Crippen molar-refractivity contribution in [2.75, 3.05) is 5.32 Å². The van der Waals surface area contributed by atoms with Gasteiger partial charge in [0.1, 0.15) is 5.82 Å². The number of hydrogen-bond acceptors (Lipinski definition) is 6. The molecule has 0 aliphatic rings. The number of rotatable bonds is 4. The van der Waals surface area contributed by atoms with Crippen LogP contribution in [-0.2, 0) is 4.79 Å². The smallest absolute Gasteiger partial charge is 0.395 e. The van der Waals surface area contributed by atoms with Crippen LogP contribution >= 0.6 is 0 Å². The van der Waals surface area contributed by atoms with Gasteiger partial charge in [-0.15, -0.1) is 0 Å². The number of aromatic hydroxyl groups is 1. The van der Waals surface area contributed by atoms with Crippen molar-refractivity contribution in [1.29, 1.82) is 0 Å². The number of carbonyl (C=O) groups is 1. The lowest BCUT2D eigenvalue weighted by atomic mass is 10.2. The largest absolute Gasteiger partial charge is 0.488 e. The van der Waals surface area contributed by atoms with Crippen LogP contribution in [-0.4, -0.2) is 25.9 Å². The van der Waals surface area contributed by atoms with E-state index in [4.69, 9.17) is 0 Å². The number of nitrogens with one attached hydrogen (secondary N) is 2. The van der Waals surface area contributed by atoms with Crippen molar-refractivity contribution < 1.29 is 14.8 Å². The Hall–Kier alpha value is -3.49. The summed E-state index contributed by atoms with van der Waals surface area (Å²) >= 11 is 0. The van der Waals surface area contributed by atoms with Crippen LogP contribution in [0, 0.1) is 10.1 Å². The number of carbonyl (C=O) groups excluding carboxylic acids is 1. The Morgan fingerprint density at radius 1 is 1.35 bits per heavy atom. The normalized spacial score (nSPS) is 10.7. The van der Waals surface area contributed by atoms with Gasteiger partial charge in [-0.25, -0.2) is 0 Å². The third-order valence-electron chi connectivity index (χ3n) is 2.74. The first-order valence-electron chi connectivity index (χ1n) is 6.40. The average molecular weight is 316 g/mol. The van der Waals surface area contributed by atoms with Crippen molar-refractivity contribution in [2.24, 2.45) is 0 Å². The summed E-state index contributed by atoms with van der Waals surface area (Å²) < 4.78 is 0. The van der Waals surface area contributed by atoms with Crippen molar-refractivity contribution in [3.05, 3.63) is 56.1 Å². The second-order valence-electron chi connectivity index (χ2n) is 4.52. The van der Waals surface area contributed by atoms with Crippen molar-refractivity contribution in [3.63, 3.8) is 0 Å². The molecule has 2 rings (SSSR count). The van der Waals surface area contributed by atoms with Gasteiger partial charge in [0, 0.05) is 12.6 Å². The summed E-state index contributed by atoms with van der Waals surface area (Å²) in [5.41, 5.74) is -0.668. The Morgan fingerprint density at radius 2 is 2.00 bits per heavy atom. The Bertz CT molecular complexity index is 839. The standard InChI is InChI=1S/C14H12N4O5/c1-8(19)15-10-5-2-9(3-6-10)4-7-11-16-13(20)12(18(22)23)14(21)17-11/h2-7H,1H3,(H,15,19)(H2,16,17,20,21)/b7-4+. The third kappa shape index (κ3) is 4.00. The lowest BCUT2D eigenvalue weighted by molar-refractivity contribution is -0.387. The van der Waals surface area contributed by atoms with Gasteiger partial charge in [-0.1, -0.05) is 18.2 Å². The van der Waals surface area contributed by atoms with Crippen LogP contribution in [0.15, 0.2) is 29.1 Å². The predicted molar refractivity (Wildman–Crippen MR) is 82.9 cm³/mol. The average Bonchev–Trinajstić information content (AvgIpc) is 2.45. The highest BCUT2D eigenvalue weighted by molar-refractivity contribution is 5.88. The molecule has 0 atom stereocenters. The molecular formula is C14H12N4O5. The van der Waals surface area contributed by atoms with Gasteiger partial charge in [-0.2, -0.15) is 4.98 Å². The minimum Gasteiger partial charge on any atom is -0.488 e. The summed E-state index contributed by atoms with van der Waals surface area (Å²) in [7, 11) is 0. The topological polar surface area (TPSA) is 138 Å². The molecule has 0 spiro atoms. The SMILES string of the molecule is CC(=O)Nc1ccc(/C=C/c2nc(O)c([N+](=O)[O-])c(=O)[nH]2)cc1. The van der Waals surface area contributed by atoms with Gasteiger partial charge in [-0.05, 0) is 23.8 Å². The molecule has 0 aliphatic heterocycles. The molecule has 1 heterocycles. The van der Waals surface area contributed by atoms with E-state index in [1.54, 1.807) is 30.3 Å². The van der Waals surface area contributed by atoms with Gasteiger partial charge in [0.05, 0.1) is 4.92 Å². The van der Waals surface area contributed by atoms with Gasteiger partial charge in [0.15, 0.2) is 0 Å². The first kappa shape index (κ1) is 15.9. The number of aromatic amines is 1. The summed E-state index contributed by atoms with van der Waals surface area (Å²) in [6.45, 7) is 1.40. The fourth-order valence-electron chi connectivity index (χ4n) is 1.77. The number of benzene rings is 1. The molecule has 23 heavy (non-hydrogen) atoms. The number of hydrogen-bond donors (Lipinski definition) is 3. The molecular weight excluding hydrogens is 304 g/mol. The Balaban J connectivity index is 2.22. The van der Waals surface area contributed by atoms with E-state index in [9.17, 15) is 24.8 Å². The van der Waals surface area contributed by atoms with Crippen LogP contribution in [0.2, 0.25) is 0 Å². The number of aromatic nitrogens is 2. The molecule has 0 aliphatic carbocycles. The fraction of sp³-hybridized carbons (Fsp3) is 0.0714. The van der Waals surface area contributed by atoms with Crippen LogP contribution in [0.25, 0.3) is 12.2 Å². The minimum absolute atomic E-state index is 0.0240. The molecule has 0 fully saturated rings. The fourth-order valence-corrected chi connectivity index (χ4v) is 1.77. The molecule has 9 nitrogen and oxygen atoms in total. The molecule has 0 radical (unpaired) electrons. The third-order valence-corrected chi connectivity index (χ3v) is 2.74. The van der Waals surface area contributed by atoms with Gasteiger partial charge in [0.2, 0.25) is 5.91 Å². The van der Waals surface area contributed by atoms with Crippen molar-refractivity contribution in [1.82, 2.24) is 9.97 Å². The molecule has 1 aromatic heterocycles. The van der Waals surface area contributed by atoms with Crippen molar-refractivity contribution in [2.45, 2.75) is 6.92 Å². The molecule has 0 saturated carbocycles. The van der Waals surface area contributed by atoms with Gasteiger partial charge in [0.25, 0.3) is 5.88 Å². The molecule has 1 amide bonds. The molecule has 118 valence electrons. The number of amides is 1. The maximum atomic E-state index is 11.5. The molecule has 1 aromatic carbocycles. The zero-order valence-electron chi connectivity index (χ0n) is 11.9. The second kappa shape index (κ2) is 6.52. The molecule has 0 saturated heterocycles. The number of nitrogens with zero attached hydrogens (tertiary/aromatic N) is 2. The van der Waals surface area contributed by atoms with Crippen LogP contribution in [0.3, 0.4) is 0 Å².